The summed E-state index contributed by atoms with van der Waals surface area (Å²) in [5.41, 5.74) is 4.80. The highest BCUT2D eigenvalue weighted by molar-refractivity contribution is 7.80. The van der Waals surface area contributed by atoms with E-state index in [1.807, 2.05) is 43.9 Å². The van der Waals surface area contributed by atoms with Crippen molar-refractivity contribution >= 4 is 29.0 Å². The third-order valence-electron chi connectivity index (χ3n) is 4.82. The van der Waals surface area contributed by atoms with Crippen molar-refractivity contribution in [1.29, 1.82) is 0 Å². The summed E-state index contributed by atoms with van der Waals surface area (Å²) in [6.45, 7) is 5.88. The Labute approximate surface area is 163 Å². The topological polar surface area (TPSA) is 41.6 Å². The van der Waals surface area contributed by atoms with E-state index >= 15 is 0 Å². The fourth-order valence-electron chi connectivity index (χ4n) is 3.23. The van der Waals surface area contributed by atoms with Gasteiger partial charge in [0.2, 0.25) is 0 Å². The van der Waals surface area contributed by atoms with Crippen molar-refractivity contribution in [2.75, 3.05) is 12.0 Å². The lowest BCUT2D eigenvalue weighted by Gasteiger charge is -2.37. The molecule has 0 radical (unpaired) electrons. The maximum atomic E-state index is 13.7. The number of aryl methyl sites for hydroxylation is 2. The number of nitrogens with one attached hydrogen (secondary N) is 1. The number of ether oxygens (including phenoxy) is 1. The van der Waals surface area contributed by atoms with Crippen LogP contribution in [-0.2, 0) is 9.53 Å². The van der Waals surface area contributed by atoms with Crippen molar-refractivity contribution < 1.29 is 13.9 Å². The Balaban J connectivity index is 2.15. The first-order valence-corrected chi connectivity index (χ1v) is 8.96. The standard InChI is InChI=1S/C21H21FN2O2S/c1-12-8-9-17(10-13(12)2)24-14(3)18(20(25)26-4)19(23-21(24)27)15-6-5-7-16(22)11-15/h5-11,19H,1-4H3,(H,23,27)/t19-/m1/s1. The first-order valence-electron chi connectivity index (χ1n) is 8.56. The predicted octanol–water partition coefficient (Wildman–Crippen LogP) is 4.33. The van der Waals surface area contributed by atoms with Gasteiger partial charge in [-0.2, -0.15) is 0 Å². The van der Waals surface area contributed by atoms with Crippen LogP contribution in [-0.4, -0.2) is 18.2 Å². The van der Waals surface area contributed by atoms with E-state index in [4.69, 9.17) is 17.0 Å². The fourth-order valence-corrected chi connectivity index (χ4v) is 3.59. The van der Waals surface area contributed by atoms with E-state index in [1.165, 1.54) is 24.8 Å². The summed E-state index contributed by atoms with van der Waals surface area (Å²) < 4.78 is 18.8. The van der Waals surface area contributed by atoms with Crippen molar-refractivity contribution in [2.45, 2.75) is 26.8 Å². The number of anilines is 1. The summed E-state index contributed by atoms with van der Waals surface area (Å²) in [7, 11) is 1.33. The maximum Gasteiger partial charge on any atom is 0.337 e. The van der Waals surface area contributed by atoms with Crippen LogP contribution in [0.2, 0.25) is 0 Å². The van der Waals surface area contributed by atoms with Crippen LogP contribution in [0.1, 0.15) is 29.7 Å². The van der Waals surface area contributed by atoms with Crippen molar-refractivity contribution in [3.63, 3.8) is 0 Å². The SMILES string of the molecule is COC(=O)C1=C(C)N(c2ccc(C)c(C)c2)C(=S)N[C@@H]1c1cccc(F)c1. The number of esters is 1. The molecule has 0 spiro atoms. The number of rotatable bonds is 3. The number of nitrogens with zero attached hydrogens (tertiary/aromatic N) is 1. The zero-order chi connectivity index (χ0) is 19.7. The molecular weight excluding hydrogens is 363 g/mol. The van der Waals surface area contributed by atoms with Gasteiger partial charge in [0, 0.05) is 11.4 Å². The largest absolute Gasteiger partial charge is 0.466 e. The predicted molar refractivity (Wildman–Crippen MR) is 108 cm³/mol. The highest BCUT2D eigenvalue weighted by Gasteiger charge is 2.35. The average Bonchev–Trinajstić information content (AvgIpc) is 2.63. The Kier molecular flexibility index (Phi) is 5.28. The molecule has 4 nitrogen and oxygen atoms in total. The lowest BCUT2D eigenvalue weighted by Crippen LogP contribution is -2.48. The number of hydrogen-bond acceptors (Lipinski definition) is 3. The molecule has 1 atom stereocenters. The molecule has 1 aliphatic rings. The van der Waals surface area contributed by atoms with Crippen molar-refractivity contribution in [3.05, 3.63) is 76.2 Å². The molecule has 27 heavy (non-hydrogen) atoms. The molecule has 0 saturated carbocycles. The zero-order valence-corrected chi connectivity index (χ0v) is 16.5. The highest BCUT2D eigenvalue weighted by atomic mass is 32.1. The average molecular weight is 384 g/mol. The van der Waals surface area contributed by atoms with E-state index in [2.05, 4.69) is 5.32 Å². The smallest absolute Gasteiger partial charge is 0.337 e. The number of benzene rings is 2. The van der Waals surface area contributed by atoms with Crippen LogP contribution in [0, 0.1) is 19.7 Å². The molecule has 140 valence electrons. The summed E-state index contributed by atoms with van der Waals surface area (Å²) >= 11 is 5.58. The molecule has 0 unspecified atom stereocenters. The minimum atomic E-state index is -0.580. The van der Waals surface area contributed by atoms with E-state index < -0.39 is 12.0 Å². The van der Waals surface area contributed by atoms with Gasteiger partial charge < -0.3 is 10.1 Å². The van der Waals surface area contributed by atoms with Crippen molar-refractivity contribution in [3.8, 4) is 0 Å². The second-order valence-electron chi connectivity index (χ2n) is 6.53. The Morgan fingerprint density at radius 1 is 1.15 bits per heavy atom. The molecule has 0 fully saturated rings. The lowest BCUT2D eigenvalue weighted by atomic mass is 9.94. The second kappa shape index (κ2) is 7.48. The number of hydrogen-bond donors (Lipinski definition) is 1. The molecule has 0 aromatic heterocycles. The third kappa shape index (κ3) is 3.57. The van der Waals surface area contributed by atoms with E-state index in [-0.39, 0.29) is 5.82 Å². The Bertz CT molecular complexity index is 955. The quantitative estimate of drug-likeness (QED) is 0.630. The molecule has 6 heteroatoms. The minimum Gasteiger partial charge on any atom is -0.466 e. The number of carbonyl (C=O) groups is 1. The summed E-state index contributed by atoms with van der Waals surface area (Å²) in [6.07, 6.45) is 0. The summed E-state index contributed by atoms with van der Waals surface area (Å²) in [5.74, 6) is -0.857. The van der Waals surface area contributed by atoms with Crippen LogP contribution in [0.25, 0.3) is 0 Å². The molecule has 0 bridgehead atoms. The Hall–Kier alpha value is -2.73. The molecule has 1 N–H and O–H groups in total. The Morgan fingerprint density at radius 2 is 1.89 bits per heavy atom. The lowest BCUT2D eigenvalue weighted by molar-refractivity contribution is -0.136. The molecule has 0 amide bonds. The molecule has 1 aliphatic heterocycles. The number of thiocarbonyl (C=S) groups is 1. The zero-order valence-electron chi connectivity index (χ0n) is 15.7. The maximum absolute atomic E-state index is 13.7. The molecule has 1 heterocycles. The van der Waals surface area contributed by atoms with Crippen LogP contribution in [0.15, 0.2) is 53.7 Å². The van der Waals surface area contributed by atoms with Crippen LogP contribution < -0.4 is 10.2 Å². The summed E-state index contributed by atoms with van der Waals surface area (Å²) in [5, 5.41) is 3.61. The second-order valence-corrected chi connectivity index (χ2v) is 6.92. The van der Waals surface area contributed by atoms with Gasteiger partial charge in [0.25, 0.3) is 0 Å². The minimum absolute atomic E-state index is 0.376. The van der Waals surface area contributed by atoms with Crippen LogP contribution >= 0.6 is 12.2 Å². The molecule has 2 aromatic carbocycles. The first-order chi connectivity index (χ1) is 12.8. The summed E-state index contributed by atoms with van der Waals surface area (Å²) in [4.78, 5) is 14.4. The third-order valence-corrected chi connectivity index (χ3v) is 5.12. The molecule has 0 saturated heterocycles. The van der Waals surface area contributed by atoms with Gasteiger partial charge in [-0.3, -0.25) is 4.90 Å². The van der Waals surface area contributed by atoms with Gasteiger partial charge in [0.1, 0.15) is 5.82 Å². The first kappa shape index (κ1) is 19.0. The number of allylic oxidation sites excluding steroid dienone is 1. The number of halogens is 1. The van der Waals surface area contributed by atoms with E-state index in [9.17, 15) is 9.18 Å². The highest BCUT2D eigenvalue weighted by Crippen LogP contribution is 2.34. The number of methoxy groups -OCH3 is 1. The van der Waals surface area contributed by atoms with E-state index in [0.717, 1.165) is 11.3 Å². The van der Waals surface area contributed by atoms with Gasteiger partial charge in [-0.25, -0.2) is 9.18 Å². The van der Waals surface area contributed by atoms with Crippen LogP contribution in [0.5, 0.6) is 0 Å². The van der Waals surface area contributed by atoms with Gasteiger partial charge in [0.15, 0.2) is 5.11 Å². The van der Waals surface area contributed by atoms with E-state index in [1.54, 1.807) is 12.1 Å². The van der Waals surface area contributed by atoms with Gasteiger partial charge in [0.05, 0.1) is 18.7 Å². The van der Waals surface area contributed by atoms with Gasteiger partial charge >= 0.3 is 5.97 Å². The molecule has 2 aromatic rings. The van der Waals surface area contributed by atoms with E-state index in [0.29, 0.717) is 21.9 Å². The van der Waals surface area contributed by atoms with Crippen LogP contribution in [0.3, 0.4) is 0 Å². The molecule has 3 rings (SSSR count). The van der Waals surface area contributed by atoms with Gasteiger partial charge in [-0.1, -0.05) is 18.2 Å². The number of carbonyl (C=O) groups excluding carboxylic acids is 1. The molecule has 0 aliphatic carbocycles. The van der Waals surface area contributed by atoms with Gasteiger partial charge in [-0.15, -0.1) is 0 Å². The molecular formula is C21H21FN2O2S. The van der Waals surface area contributed by atoms with Crippen molar-refractivity contribution in [2.24, 2.45) is 0 Å². The van der Waals surface area contributed by atoms with Gasteiger partial charge in [-0.05, 0) is 73.9 Å². The van der Waals surface area contributed by atoms with Crippen molar-refractivity contribution in [1.82, 2.24) is 5.32 Å². The monoisotopic (exact) mass is 384 g/mol. The normalized spacial score (nSPS) is 17.0. The van der Waals surface area contributed by atoms with Crippen LogP contribution in [0.4, 0.5) is 10.1 Å². The Morgan fingerprint density at radius 3 is 2.52 bits per heavy atom. The fraction of sp³-hybridized carbons (Fsp3) is 0.238. The summed E-state index contributed by atoms with van der Waals surface area (Å²) in [6, 6.07) is 11.5.